The van der Waals surface area contributed by atoms with E-state index in [0.717, 1.165) is 4.88 Å². The van der Waals surface area contributed by atoms with Gasteiger partial charge in [0.15, 0.2) is 0 Å². The first kappa shape index (κ1) is 20.8. The van der Waals surface area contributed by atoms with Crippen molar-refractivity contribution in [3.05, 3.63) is 75.4 Å². The molecule has 1 aromatic carbocycles. The lowest BCUT2D eigenvalue weighted by molar-refractivity contribution is 0.0845. The van der Waals surface area contributed by atoms with Gasteiger partial charge in [0.1, 0.15) is 11.5 Å². The fourth-order valence-corrected chi connectivity index (χ4v) is 4.36. The minimum absolute atomic E-state index is 0.0469. The zero-order valence-electron chi connectivity index (χ0n) is 15.7. The second-order valence-electron chi connectivity index (χ2n) is 6.17. The summed E-state index contributed by atoms with van der Waals surface area (Å²) < 4.78 is 32.7. The number of furan rings is 1. The van der Waals surface area contributed by atoms with Gasteiger partial charge in [-0.2, -0.15) is 0 Å². The second-order valence-corrected chi connectivity index (χ2v) is 8.97. The van der Waals surface area contributed by atoms with Crippen LogP contribution in [0, 0.1) is 13.8 Å². The van der Waals surface area contributed by atoms with E-state index >= 15 is 0 Å². The molecule has 0 saturated heterocycles. The summed E-state index contributed by atoms with van der Waals surface area (Å²) in [5.74, 6) is -0.174. The molecule has 0 bridgehead atoms. The summed E-state index contributed by atoms with van der Waals surface area (Å²) in [6.07, 6.45) is 0. The summed E-state index contributed by atoms with van der Waals surface area (Å²) in [5.41, 5.74) is 4.95. The zero-order chi connectivity index (χ0) is 21.0. The van der Waals surface area contributed by atoms with Gasteiger partial charge in [0, 0.05) is 17.0 Å². The van der Waals surface area contributed by atoms with Crippen LogP contribution in [0.15, 0.2) is 57.2 Å². The van der Waals surface area contributed by atoms with Crippen LogP contribution in [0.2, 0.25) is 0 Å². The molecule has 0 unspecified atom stereocenters. The van der Waals surface area contributed by atoms with Crippen LogP contribution in [0.3, 0.4) is 0 Å². The lowest BCUT2D eigenvalue weighted by Gasteiger charge is -2.09. The number of rotatable bonds is 6. The number of hydrogen-bond acceptors (Lipinski definition) is 6. The summed E-state index contributed by atoms with van der Waals surface area (Å²) in [6.45, 7) is 3.51. The minimum Gasteiger partial charge on any atom is -0.466 e. The van der Waals surface area contributed by atoms with E-state index in [9.17, 15) is 18.0 Å². The Morgan fingerprint density at radius 2 is 1.79 bits per heavy atom. The summed E-state index contributed by atoms with van der Waals surface area (Å²) in [7, 11) is -3.79. The zero-order valence-corrected chi connectivity index (χ0v) is 17.3. The predicted molar refractivity (Wildman–Crippen MR) is 108 cm³/mol. The van der Waals surface area contributed by atoms with Crippen molar-refractivity contribution in [1.82, 2.24) is 15.6 Å². The number of sulfonamides is 1. The lowest BCUT2D eigenvalue weighted by atomic mass is 10.2. The first-order valence-corrected chi connectivity index (χ1v) is 10.9. The van der Waals surface area contributed by atoms with E-state index in [0.29, 0.717) is 17.1 Å². The van der Waals surface area contributed by atoms with Crippen molar-refractivity contribution in [1.29, 1.82) is 0 Å². The number of nitrogens with one attached hydrogen (secondary N) is 3. The monoisotopic (exact) mass is 433 g/mol. The molecular formula is C19H19N3O5S2. The molecule has 2 aromatic heterocycles. The normalized spacial score (nSPS) is 11.2. The average Bonchev–Trinajstić information content (AvgIpc) is 3.33. The van der Waals surface area contributed by atoms with Gasteiger partial charge in [0.2, 0.25) is 10.0 Å². The standard InChI is InChI=1S/C19H19N3O5S2/c1-12-9-17(13(2)27-12)19(24)22-21-18(23)14-5-3-7-16(10-14)29(25,26)20-11-15-6-4-8-28-15/h3-10,20H,11H2,1-2H3,(H,21,23)(H,22,24). The Bertz CT molecular complexity index is 1130. The molecule has 152 valence electrons. The number of amides is 2. The van der Waals surface area contributed by atoms with Gasteiger partial charge in [0.25, 0.3) is 11.8 Å². The first-order valence-electron chi connectivity index (χ1n) is 8.56. The van der Waals surface area contributed by atoms with Crippen LogP contribution in [0.1, 0.15) is 37.1 Å². The van der Waals surface area contributed by atoms with Crippen LogP contribution < -0.4 is 15.6 Å². The Labute approximate surface area is 172 Å². The van der Waals surface area contributed by atoms with Gasteiger partial charge in [-0.1, -0.05) is 12.1 Å². The maximum atomic E-state index is 12.5. The molecule has 0 atom stereocenters. The van der Waals surface area contributed by atoms with Crippen molar-refractivity contribution in [2.45, 2.75) is 25.3 Å². The van der Waals surface area contributed by atoms with Crippen molar-refractivity contribution >= 4 is 33.2 Å². The maximum Gasteiger partial charge on any atom is 0.273 e. The first-order chi connectivity index (χ1) is 13.8. The third-order valence-electron chi connectivity index (χ3n) is 4.00. The van der Waals surface area contributed by atoms with E-state index in [1.807, 2.05) is 17.5 Å². The van der Waals surface area contributed by atoms with Crippen molar-refractivity contribution in [2.75, 3.05) is 0 Å². The van der Waals surface area contributed by atoms with Gasteiger partial charge in [0.05, 0.1) is 10.5 Å². The van der Waals surface area contributed by atoms with Crippen LogP contribution in [0.25, 0.3) is 0 Å². The molecule has 3 rings (SSSR count). The third kappa shape index (κ3) is 5.11. The molecule has 0 aliphatic rings. The molecular weight excluding hydrogens is 414 g/mol. The molecule has 0 spiro atoms. The van der Waals surface area contributed by atoms with Gasteiger partial charge in [-0.3, -0.25) is 20.4 Å². The molecule has 0 saturated carbocycles. The Balaban J connectivity index is 1.65. The molecule has 0 aliphatic heterocycles. The van der Waals surface area contributed by atoms with E-state index < -0.39 is 21.8 Å². The number of carbonyl (C=O) groups excluding carboxylic acids is 2. The van der Waals surface area contributed by atoms with E-state index in [2.05, 4.69) is 15.6 Å². The smallest absolute Gasteiger partial charge is 0.273 e. The molecule has 2 heterocycles. The van der Waals surface area contributed by atoms with Crippen LogP contribution in [-0.4, -0.2) is 20.2 Å². The Hall–Kier alpha value is -2.95. The van der Waals surface area contributed by atoms with Crippen LogP contribution in [0.5, 0.6) is 0 Å². The summed E-state index contributed by atoms with van der Waals surface area (Å²) in [4.78, 5) is 25.3. The summed E-state index contributed by atoms with van der Waals surface area (Å²) in [6, 6.07) is 10.8. The van der Waals surface area contributed by atoms with Gasteiger partial charge in [-0.25, -0.2) is 13.1 Å². The lowest BCUT2D eigenvalue weighted by Crippen LogP contribution is -2.41. The number of aryl methyl sites for hydroxylation is 2. The fourth-order valence-electron chi connectivity index (χ4n) is 2.58. The Morgan fingerprint density at radius 3 is 2.45 bits per heavy atom. The molecule has 10 heteroatoms. The number of hydrogen-bond donors (Lipinski definition) is 3. The molecule has 0 aliphatic carbocycles. The predicted octanol–water partition coefficient (Wildman–Crippen LogP) is 2.51. The number of benzene rings is 1. The van der Waals surface area contributed by atoms with E-state index in [1.165, 1.54) is 35.6 Å². The summed E-state index contributed by atoms with van der Waals surface area (Å²) in [5, 5.41) is 1.86. The Kier molecular flexibility index (Phi) is 6.16. The largest absolute Gasteiger partial charge is 0.466 e. The highest BCUT2D eigenvalue weighted by atomic mass is 32.2. The molecule has 29 heavy (non-hydrogen) atoms. The van der Waals surface area contributed by atoms with Crippen molar-refractivity contribution in [3.8, 4) is 0 Å². The molecule has 3 aromatic rings. The van der Waals surface area contributed by atoms with E-state index in [-0.39, 0.29) is 17.0 Å². The topological polar surface area (TPSA) is 118 Å². The highest BCUT2D eigenvalue weighted by Gasteiger charge is 2.18. The van der Waals surface area contributed by atoms with Crippen molar-refractivity contribution in [2.24, 2.45) is 0 Å². The highest BCUT2D eigenvalue weighted by molar-refractivity contribution is 7.89. The summed E-state index contributed by atoms with van der Waals surface area (Å²) >= 11 is 1.44. The van der Waals surface area contributed by atoms with Gasteiger partial charge >= 0.3 is 0 Å². The van der Waals surface area contributed by atoms with Gasteiger partial charge in [-0.15, -0.1) is 11.3 Å². The minimum atomic E-state index is -3.79. The molecule has 0 radical (unpaired) electrons. The third-order valence-corrected chi connectivity index (χ3v) is 6.27. The van der Waals surface area contributed by atoms with Crippen molar-refractivity contribution in [3.63, 3.8) is 0 Å². The quantitative estimate of drug-likeness (QED) is 0.517. The average molecular weight is 434 g/mol. The maximum absolute atomic E-state index is 12.5. The van der Waals surface area contributed by atoms with Gasteiger partial charge < -0.3 is 4.42 Å². The SMILES string of the molecule is Cc1cc(C(=O)NNC(=O)c2cccc(S(=O)(=O)NCc3cccs3)c2)c(C)o1. The van der Waals surface area contributed by atoms with Crippen molar-refractivity contribution < 1.29 is 22.4 Å². The molecule has 3 N–H and O–H groups in total. The molecule has 8 nitrogen and oxygen atoms in total. The molecule has 2 amide bonds. The van der Waals surface area contributed by atoms with E-state index in [4.69, 9.17) is 4.42 Å². The van der Waals surface area contributed by atoms with Crippen LogP contribution in [0.4, 0.5) is 0 Å². The highest BCUT2D eigenvalue weighted by Crippen LogP contribution is 2.15. The van der Waals surface area contributed by atoms with Crippen LogP contribution >= 0.6 is 11.3 Å². The molecule has 0 fully saturated rings. The number of hydrazine groups is 1. The van der Waals surface area contributed by atoms with Crippen LogP contribution in [-0.2, 0) is 16.6 Å². The number of carbonyl (C=O) groups is 2. The Morgan fingerprint density at radius 1 is 1.03 bits per heavy atom. The number of thiophene rings is 1. The second kappa shape index (κ2) is 8.60. The van der Waals surface area contributed by atoms with Gasteiger partial charge in [-0.05, 0) is 49.6 Å². The fraction of sp³-hybridized carbons (Fsp3) is 0.158. The van der Waals surface area contributed by atoms with E-state index in [1.54, 1.807) is 19.9 Å².